The molecule has 2 aliphatic rings. The monoisotopic (exact) mass is 282 g/mol. The lowest BCUT2D eigenvalue weighted by atomic mass is 9.77. The molecule has 1 saturated heterocycles. The summed E-state index contributed by atoms with van der Waals surface area (Å²) >= 11 is 1.50. The van der Waals surface area contributed by atoms with Gasteiger partial charge in [0.25, 0.3) is 0 Å². The molecule has 0 radical (unpaired) electrons. The minimum Gasteiger partial charge on any atom is -0.392 e. The first-order valence-corrected chi connectivity index (χ1v) is 7.98. The van der Waals surface area contributed by atoms with Crippen molar-refractivity contribution in [2.75, 3.05) is 12.3 Å². The maximum absolute atomic E-state index is 12.5. The predicted octanol–water partition coefficient (Wildman–Crippen LogP) is 1.59. The molecule has 19 heavy (non-hydrogen) atoms. The van der Waals surface area contributed by atoms with E-state index in [1.54, 1.807) is 0 Å². The highest BCUT2D eigenvalue weighted by atomic mass is 32.2. The van der Waals surface area contributed by atoms with Gasteiger partial charge in [-0.3, -0.25) is 4.79 Å². The highest BCUT2D eigenvalue weighted by Gasteiger charge is 2.36. The largest absolute Gasteiger partial charge is 0.392 e. The SMILES string of the molecule is N=CSCC[C@H]1CC=CCC1C(=O)[C@@H]1C[C@@H](O)CN1. The summed E-state index contributed by atoms with van der Waals surface area (Å²) < 4.78 is 0. The molecule has 0 saturated carbocycles. The van der Waals surface area contributed by atoms with Gasteiger partial charge in [-0.15, -0.1) is 11.8 Å². The quantitative estimate of drug-likeness (QED) is 0.299. The molecule has 1 fully saturated rings. The number of aliphatic hydroxyl groups is 1. The fourth-order valence-corrected chi connectivity index (χ4v) is 3.57. The molecule has 4 atom stereocenters. The number of carbonyl (C=O) groups is 1. The van der Waals surface area contributed by atoms with Crippen molar-refractivity contribution in [1.29, 1.82) is 5.41 Å². The molecule has 0 aromatic carbocycles. The third-order valence-corrected chi connectivity index (χ3v) is 4.71. The lowest BCUT2D eigenvalue weighted by Gasteiger charge is -2.29. The van der Waals surface area contributed by atoms with Crippen LogP contribution in [0.3, 0.4) is 0 Å². The van der Waals surface area contributed by atoms with Crippen LogP contribution in [0, 0.1) is 17.2 Å². The normalized spacial score (nSPS) is 34.4. The van der Waals surface area contributed by atoms with Crippen LogP contribution in [0.2, 0.25) is 0 Å². The Morgan fingerprint density at radius 1 is 1.47 bits per heavy atom. The number of β-amino-alcohol motifs (C(OH)–C–C–N with tert-alkyl or cyclic N) is 1. The molecule has 4 nitrogen and oxygen atoms in total. The Labute approximate surface area is 118 Å². The van der Waals surface area contributed by atoms with E-state index >= 15 is 0 Å². The zero-order valence-corrected chi connectivity index (χ0v) is 11.9. The van der Waals surface area contributed by atoms with Gasteiger partial charge in [0.2, 0.25) is 0 Å². The van der Waals surface area contributed by atoms with E-state index in [-0.39, 0.29) is 23.8 Å². The summed E-state index contributed by atoms with van der Waals surface area (Å²) in [6.45, 7) is 0.535. The minimum absolute atomic E-state index is 0.0825. The average Bonchev–Trinajstić information content (AvgIpc) is 2.85. The zero-order valence-electron chi connectivity index (χ0n) is 11.0. The first-order valence-electron chi connectivity index (χ1n) is 6.93. The van der Waals surface area contributed by atoms with Crippen LogP contribution in [0.4, 0.5) is 0 Å². The van der Waals surface area contributed by atoms with Crippen LogP contribution < -0.4 is 5.32 Å². The van der Waals surface area contributed by atoms with Gasteiger partial charge in [0.15, 0.2) is 5.78 Å². The molecule has 3 N–H and O–H groups in total. The number of thioether (sulfide) groups is 1. The highest BCUT2D eigenvalue weighted by Crippen LogP contribution is 2.31. The molecule has 2 rings (SSSR count). The number of allylic oxidation sites excluding steroid dienone is 2. The van der Waals surface area contributed by atoms with Crippen LogP contribution in [0.15, 0.2) is 12.2 Å². The molecule has 1 aliphatic carbocycles. The number of rotatable bonds is 6. The highest BCUT2D eigenvalue weighted by molar-refractivity contribution is 8.11. The van der Waals surface area contributed by atoms with Crippen molar-refractivity contribution in [2.45, 2.75) is 37.8 Å². The van der Waals surface area contributed by atoms with Gasteiger partial charge >= 0.3 is 0 Å². The van der Waals surface area contributed by atoms with Gasteiger partial charge in [-0.2, -0.15) is 0 Å². The van der Waals surface area contributed by atoms with E-state index in [9.17, 15) is 9.90 Å². The molecule has 1 heterocycles. The van der Waals surface area contributed by atoms with Crippen molar-refractivity contribution in [3.63, 3.8) is 0 Å². The van der Waals surface area contributed by atoms with Crippen molar-refractivity contribution >= 4 is 23.1 Å². The average molecular weight is 282 g/mol. The standard InChI is InChI=1S/C14H22N2O2S/c15-9-19-6-5-10-3-1-2-4-12(10)14(18)13-7-11(17)8-16-13/h1-2,9-13,15-17H,3-8H2/t10-,11-,12?,13+/m1/s1. The number of nitrogens with one attached hydrogen (secondary N) is 2. The first-order chi connectivity index (χ1) is 9.22. The van der Waals surface area contributed by atoms with E-state index in [0.717, 1.165) is 25.0 Å². The molecule has 0 aromatic heterocycles. The van der Waals surface area contributed by atoms with Gasteiger partial charge < -0.3 is 15.8 Å². The Morgan fingerprint density at radius 3 is 2.95 bits per heavy atom. The maximum atomic E-state index is 12.5. The van der Waals surface area contributed by atoms with Crippen LogP contribution in [0.25, 0.3) is 0 Å². The van der Waals surface area contributed by atoms with Gasteiger partial charge in [0, 0.05) is 12.5 Å². The van der Waals surface area contributed by atoms with Crippen molar-refractivity contribution in [3.05, 3.63) is 12.2 Å². The van der Waals surface area contributed by atoms with Crippen molar-refractivity contribution < 1.29 is 9.90 Å². The molecule has 5 heteroatoms. The minimum atomic E-state index is -0.375. The van der Waals surface area contributed by atoms with Crippen LogP contribution in [-0.4, -0.2) is 40.9 Å². The summed E-state index contributed by atoms with van der Waals surface area (Å²) in [4.78, 5) is 12.5. The fourth-order valence-electron chi connectivity index (χ4n) is 3.01. The second kappa shape index (κ2) is 7.22. The van der Waals surface area contributed by atoms with Crippen LogP contribution in [-0.2, 0) is 4.79 Å². The van der Waals surface area contributed by atoms with E-state index < -0.39 is 0 Å². The van der Waals surface area contributed by atoms with E-state index in [4.69, 9.17) is 5.41 Å². The van der Waals surface area contributed by atoms with E-state index in [2.05, 4.69) is 17.5 Å². The molecular weight excluding hydrogens is 260 g/mol. The number of aliphatic hydroxyl groups excluding tert-OH is 1. The molecule has 0 spiro atoms. The van der Waals surface area contributed by atoms with Crippen molar-refractivity contribution in [1.82, 2.24) is 5.32 Å². The summed E-state index contributed by atoms with van der Waals surface area (Å²) in [5, 5.41) is 19.7. The number of hydrogen-bond acceptors (Lipinski definition) is 5. The first kappa shape index (κ1) is 14.8. The molecule has 106 valence electrons. The summed E-state index contributed by atoms with van der Waals surface area (Å²) in [5.74, 6) is 1.65. The third kappa shape index (κ3) is 3.91. The fraction of sp³-hybridized carbons (Fsp3) is 0.714. The van der Waals surface area contributed by atoms with Crippen molar-refractivity contribution in [2.24, 2.45) is 11.8 Å². The van der Waals surface area contributed by atoms with Gasteiger partial charge in [0.1, 0.15) is 0 Å². The maximum Gasteiger partial charge on any atom is 0.153 e. The molecule has 0 aromatic rings. The Morgan fingerprint density at radius 2 is 2.26 bits per heavy atom. The van der Waals surface area contributed by atoms with Crippen LogP contribution >= 0.6 is 11.8 Å². The van der Waals surface area contributed by atoms with E-state index in [1.165, 1.54) is 17.3 Å². The number of carbonyl (C=O) groups excluding carboxylic acids is 1. The predicted molar refractivity (Wildman–Crippen MR) is 78.6 cm³/mol. The third-order valence-electron chi connectivity index (χ3n) is 4.07. The van der Waals surface area contributed by atoms with Gasteiger partial charge in [-0.1, -0.05) is 12.2 Å². The molecule has 0 amide bonds. The number of Topliss-reactive ketones (excluding diaryl/α,β-unsaturated/α-hetero) is 1. The lowest BCUT2D eigenvalue weighted by Crippen LogP contribution is -2.39. The van der Waals surface area contributed by atoms with Gasteiger partial charge in [-0.05, 0) is 37.4 Å². The van der Waals surface area contributed by atoms with Crippen LogP contribution in [0.5, 0.6) is 0 Å². The summed E-state index contributed by atoms with van der Waals surface area (Å²) in [6, 6.07) is -0.163. The zero-order chi connectivity index (χ0) is 13.7. The summed E-state index contributed by atoms with van der Waals surface area (Å²) in [7, 11) is 0. The Bertz CT molecular complexity index is 359. The van der Waals surface area contributed by atoms with Gasteiger partial charge in [0.05, 0.1) is 17.7 Å². The van der Waals surface area contributed by atoms with Gasteiger partial charge in [-0.25, -0.2) is 0 Å². The Hall–Kier alpha value is -0.650. The molecular formula is C14H22N2O2S. The second-order valence-corrected chi connectivity index (χ2v) is 6.32. The van der Waals surface area contributed by atoms with E-state index in [1.807, 2.05) is 0 Å². The molecule has 1 aliphatic heterocycles. The molecule has 1 unspecified atom stereocenters. The number of ketones is 1. The topological polar surface area (TPSA) is 73.2 Å². The Balaban J connectivity index is 1.93. The second-order valence-electron chi connectivity index (χ2n) is 5.34. The summed E-state index contributed by atoms with van der Waals surface area (Å²) in [6.07, 6.45) is 7.23. The molecule has 0 bridgehead atoms. The Kier molecular flexibility index (Phi) is 5.60. The lowest BCUT2D eigenvalue weighted by molar-refractivity contribution is -0.126. The van der Waals surface area contributed by atoms with E-state index in [0.29, 0.717) is 18.9 Å². The van der Waals surface area contributed by atoms with Crippen LogP contribution in [0.1, 0.15) is 25.7 Å². The summed E-state index contributed by atoms with van der Waals surface area (Å²) in [5.41, 5.74) is 1.37. The van der Waals surface area contributed by atoms with Crippen molar-refractivity contribution in [3.8, 4) is 0 Å². The number of hydrogen-bond donors (Lipinski definition) is 3. The smallest absolute Gasteiger partial charge is 0.153 e.